The number of sulfonamides is 1. The first-order chi connectivity index (χ1) is 12.2. The molecule has 0 bridgehead atoms. The summed E-state index contributed by atoms with van der Waals surface area (Å²) in [4.78, 5) is 0. The molecule has 2 rings (SSSR count). The molecule has 1 N–H and O–H groups in total. The number of ether oxygens (including phenoxy) is 1. The zero-order valence-electron chi connectivity index (χ0n) is 15.0. The van der Waals surface area contributed by atoms with Crippen molar-refractivity contribution in [2.24, 2.45) is 5.92 Å². The summed E-state index contributed by atoms with van der Waals surface area (Å²) in [7, 11) is -2.22. The van der Waals surface area contributed by atoms with E-state index in [4.69, 9.17) is 16.3 Å². The molecule has 2 aromatic rings. The fourth-order valence-electron chi connectivity index (χ4n) is 2.68. The fraction of sp³-hybridized carbons (Fsp3) is 0.368. The van der Waals surface area contributed by atoms with Gasteiger partial charge in [-0.05, 0) is 42.2 Å². The fourth-order valence-corrected chi connectivity index (χ4v) is 4.41. The van der Waals surface area contributed by atoms with Crippen LogP contribution in [0.15, 0.2) is 42.5 Å². The third kappa shape index (κ3) is 5.69. The van der Waals surface area contributed by atoms with E-state index in [0.29, 0.717) is 12.2 Å². The smallest absolute Gasteiger partial charge is 0.216 e. The van der Waals surface area contributed by atoms with Gasteiger partial charge in [-0.3, -0.25) is 0 Å². The van der Waals surface area contributed by atoms with E-state index >= 15 is 0 Å². The topological polar surface area (TPSA) is 55.4 Å². The number of hydrogen-bond donors (Lipinski definition) is 1. The lowest BCUT2D eigenvalue weighted by Gasteiger charge is -2.21. The Balaban J connectivity index is 2.25. The third-order valence-electron chi connectivity index (χ3n) is 3.94. The van der Waals surface area contributed by atoms with Gasteiger partial charge in [-0.15, -0.1) is 0 Å². The number of halogens is 2. The Morgan fingerprint density at radius 2 is 1.81 bits per heavy atom. The number of nitrogens with one attached hydrogen (secondary N) is 1. The molecule has 0 aliphatic rings. The van der Waals surface area contributed by atoms with Crippen molar-refractivity contribution in [2.75, 3.05) is 7.11 Å². The van der Waals surface area contributed by atoms with Gasteiger partial charge < -0.3 is 4.74 Å². The molecule has 0 heterocycles. The molecule has 26 heavy (non-hydrogen) atoms. The van der Waals surface area contributed by atoms with Crippen molar-refractivity contribution in [3.8, 4) is 5.75 Å². The molecule has 0 aliphatic heterocycles. The number of rotatable bonds is 8. The highest BCUT2D eigenvalue weighted by Crippen LogP contribution is 2.26. The summed E-state index contributed by atoms with van der Waals surface area (Å²) in [5.41, 5.74) is 0.794. The molecule has 4 nitrogen and oxygen atoms in total. The monoisotopic (exact) mass is 399 g/mol. The highest BCUT2D eigenvalue weighted by atomic mass is 35.5. The molecule has 2 aromatic carbocycles. The maximum Gasteiger partial charge on any atom is 0.216 e. The van der Waals surface area contributed by atoms with Crippen LogP contribution in [0, 0.1) is 11.7 Å². The van der Waals surface area contributed by atoms with E-state index < -0.39 is 27.6 Å². The Kier molecular flexibility index (Phi) is 7.03. The van der Waals surface area contributed by atoms with Gasteiger partial charge >= 0.3 is 0 Å². The van der Waals surface area contributed by atoms with Crippen LogP contribution in [0.1, 0.15) is 37.4 Å². The van der Waals surface area contributed by atoms with Gasteiger partial charge in [-0.2, -0.15) is 0 Å². The SMILES string of the molecule is COc1ccc([C@H](CC(C)C)NS(=O)(=O)Cc2c(F)cccc2Cl)cc1. The van der Waals surface area contributed by atoms with Crippen LogP contribution in [0.3, 0.4) is 0 Å². The first-order valence-corrected chi connectivity index (χ1v) is 10.3. The van der Waals surface area contributed by atoms with Crippen molar-refractivity contribution in [2.45, 2.75) is 32.1 Å². The van der Waals surface area contributed by atoms with Gasteiger partial charge in [-0.25, -0.2) is 17.5 Å². The van der Waals surface area contributed by atoms with Gasteiger partial charge in [0.2, 0.25) is 10.0 Å². The second kappa shape index (κ2) is 8.84. The van der Waals surface area contributed by atoms with E-state index in [9.17, 15) is 12.8 Å². The first-order valence-electron chi connectivity index (χ1n) is 8.28. The molecule has 0 aromatic heterocycles. The van der Waals surface area contributed by atoms with E-state index in [-0.39, 0.29) is 16.5 Å². The van der Waals surface area contributed by atoms with Crippen molar-refractivity contribution < 1.29 is 17.5 Å². The van der Waals surface area contributed by atoms with E-state index in [1.165, 1.54) is 18.2 Å². The van der Waals surface area contributed by atoms with E-state index in [2.05, 4.69) is 4.72 Å². The first kappa shape index (κ1) is 20.7. The van der Waals surface area contributed by atoms with Crippen LogP contribution >= 0.6 is 11.6 Å². The Morgan fingerprint density at radius 1 is 1.15 bits per heavy atom. The van der Waals surface area contributed by atoms with Crippen LogP contribution in [0.5, 0.6) is 5.75 Å². The maximum atomic E-state index is 13.9. The minimum Gasteiger partial charge on any atom is -0.497 e. The predicted molar refractivity (Wildman–Crippen MR) is 102 cm³/mol. The summed E-state index contributed by atoms with van der Waals surface area (Å²) in [6.45, 7) is 4.02. The highest BCUT2D eigenvalue weighted by molar-refractivity contribution is 7.88. The van der Waals surface area contributed by atoms with Crippen LogP contribution in [-0.4, -0.2) is 15.5 Å². The van der Waals surface area contributed by atoms with Gasteiger partial charge in [0.25, 0.3) is 0 Å². The van der Waals surface area contributed by atoms with Crippen molar-refractivity contribution >= 4 is 21.6 Å². The van der Waals surface area contributed by atoms with Crippen LogP contribution in [0.2, 0.25) is 5.02 Å². The minimum atomic E-state index is -3.79. The van der Waals surface area contributed by atoms with Crippen molar-refractivity contribution in [1.82, 2.24) is 4.72 Å². The van der Waals surface area contributed by atoms with Crippen molar-refractivity contribution in [1.29, 1.82) is 0 Å². The zero-order valence-corrected chi connectivity index (χ0v) is 16.6. The number of methoxy groups -OCH3 is 1. The average Bonchev–Trinajstić information content (AvgIpc) is 2.57. The van der Waals surface area contributed by atoms with Crippen LogP contribution < -0.4 is 9.46 Å². The highest BCUT2D eigenvalue weighted by Gasteiger charge is 2.23. The van der Waals surface area contributed by atoms with Crippen LogP contribution in [0.4, 0.5) is 4.39 Å². The molecule has 0 saturated heterocycles. The van der Waals surface area contributed by atoms with Crippen LogP contribution in [0.25, 0.3) is 0 Å². The molecule has 0 amide bonds. The quantitative estimate of drug-likeness (QED) is 0.700. The summed E-state index contributed by atoms with van der Waals surface area (Å²) in [6.07, 6.45) is 0.608. The summed E-state index contributed by atoms with van der Waals surface area (Å²) in [5.74, 6) is -0.184. The van der Waals surface area contributed by atoms with E-state index in [0.717, 1.165) is 5.56 Å². The van der Waals surface area contributed by atoms with Gasteiger partial charge in [-0.1, -0.05) is 43.6 Å². The second-order valence-corrected chi connectivity index (χ2v) is 8.69. The molecular weight excluding hydrogens is 377 g/mol. The molecule has 7 heteroatoms. The normalized spacial score (nSPS) is 13.0. The Labute approximate surface area is 159 Å². The minimum absolute atomic E-state index is 0.0281. The van der Waals surface area contributed by atoms with Crippen molar-refractivity contribution in [3.05, 3.63) is 64.4 Å². The molecule has 0 saturated carbocycles. The second-order valence-electron chi connectivity index (χ2n) is 6.53. The Hall–Kier alpha value is -1.63. The molecule has 0 spiro atoms. The molecule has 0 unspecified atom stereocenters. The summed E-state index contributed by atoms with van der Waals surface area (Å²) < 4.78 is 47.0. The van der Waals surface area contributed by atoms with E-state index in [1.807, 2.05) is 26.0 Å². The van der Waals surface area contributed by atoms with Gasteiger partial charge in [0.15, 0.2) is 0 Å². The average molecular weight is 400 g/mol. The predicted octanol–water partition coefficient (Wildman–Crippen LogP) is 4.69. The molecule has 1 atom stereocenters. The molecular formula is C19H23ClFNO3S. The lowest BCUT2D eigenvalue weighted by molar-refractivity contribution is 0.414. The summed E-state index contributed by atoms with van der Waals surface area (Å²) >= 11 is 5.96. The third-order valence-corrected chi connectivity index (χ3v) is 5.61. The van der Waals surface area contributed by atoms with Gasteiger partial charge in [0.1, 0.15) is 11.6 Å². The Bertz CT molecular complexity index is 818. The lowest BCUT2D eigenvalue weighted by Crippen LogP contribution is -2.31. The molecule has 142 valence electrons. The standard InChI is InChI=1S/C19H23ClFNO3S/c1-13(2)11-19(14-7-9-15(25-3)10-8-14)22-26(23,24)12-16-17(20)5-4-6-18(16)21/h4-10,13,19,22H,11-12H2,1-3H3/t19-/m0/s1. The Morgan fingerprint density at radius 3 is 2.35 bits per heavy atom. The van der Waals surface area contributed by atoms with Gasteiger partial charge in [0, 0.05) is 16.6 Å². The van der Waals surface area contributed by atoms with Crippen LogP contribution in [-0.2, 0) is 15.8 Å². The molecule has 0 fully saturated rings. The molecule has 0 radical (unpaired) electrons. The van der Waals surface area contributed by atoms with Crippen molar-refractivity contribution in [3.63, 3.8) is 0 Å². The van der Waals surface area contributed by atoms with Gasteiger partial charge in [0.05, 0.1) is 12.9 Å². The zero-order chi connectivity index (χ0) is 19.3. The number of hydrogen-bond acceptors (Lipinski definition) is 3. The maximum absolute atomic E-state index is 13.9. The number of benzene rings is 2. The largest absolute Gasteiger partial charge is 0.497 e. The summed E-state index contributed by atoms with van der Waals surface area (Å²) in [5, 5.41) is 0.0974. The summed E-state index contributed by atoms with van der Waals surface area (Å²) in [6, 6.07) is 10.9. The molecule has 0 aliphatic carbocycles. The lowest BCUT2D eigenvalue weighted by atomic mass is 9.98. The van der Waals surface area contributed by atoms with E-state index in [1.54, 1.807) is 19.2 Å².